The van der Waals surface area contributed by atoms with Gasteiger partial charge in [-0.3, -0.25) is 4.90 Å². The molecule has 1 saturated carbocycles. The van der Waals surface area contributed by atoms with Crippen LogP contribution in [0.4, 0.5) is 0 Å². The highest BCUT2D eigenvalue weighted by molar-refractivity contribution is 5.12. The van der Waals surface area contributed by atoms with Crippen LogP contribution in [0.15, 0.2) is 21.1 Å². The Morgan fingerprint density at radius 3 is 3.05 bits per heavy atom. The molecule has 0 spiro atoms. The van der Waals surface area contributed by atoms with E-state index in [0.29, 0.717) is 18.6 Å². The summed E-state index contributed by atoms with van der Waals surface area (Å²) in [5.74, 6) is 4.00. The lowest BCUT2D eigenvalue weighted by Gasteiger charge is -2.20. The second kappa shape index (κ2) is 5.85. The normalized spacial score (nSPS) is 22.5. The van der Waals surface area contributed by atoms with E-state index in [0.717, 1.165) is 49.2 Å². The maximum atomic E-state index is 5.90. The zero-order chi connectivity index (χ0) is 14.9. The van der Waals surface area contributed by atoms with Crippen LogP contribution in [0.5, 0.6) is 0 Å². The molecule has 6 heteroatoms. The van der Waals surface area contributed by atoms with Gasteiger partial charge in [-0.25, -0.2) is 0 Å². The number of aromatic nitrogens is 2. The molecule has 0 aromatic carbocycles. The topological polar surface area (TPSA) is 64.5 Å². The second-order valence-electron chi connectivity index (χ2n) is 6.19. The standard InChI is InChI=1S/C16H21N3O3/c1-20-10-12-6-7-14(21-12)13-3-2-8-19(13)9-15-17-16(22-18-15)11-4-5-11/h6-7,11,13H,2-5,8-10H2,1H3/t13-/m1/s1. The number of ether oxygens (including phenoxy) is 1. The molecule has 3 heterocycles. The van der Waals surface area contributed by atoms with Crippen LogP contribution in [-0.2, 0) is 17.9 Å². The van der Waals surface area contributed by atoms with Gasteiger partial charge in [0.05, 0.1) is 12.6 Å². The highest BCUT2D eigenvalue weighted by Crippen LogP contribution is 2.39. The van der Waals surface area contributed by atoms with Crippen molar-refractivity contribution in [3.63, 3.8) is 0 Å². The molecular weight excluding hydrogens is 282 g/mol. The van der Waals surface area contributed by atoms with Crippen molar-refractivity contribution in [1.82, 2.24) is 15.0 Å². The van der Waals surface area contributed by atoms with E-state index in [1.807, 2.05) is 6.07 Å². The molecule has 2 aliphatic rings. The minimum atomic E-state index is 0.300. The molecule has 0 N–H and O–H groups in total. The van der Waals surface area contributed by atoms with Crippen LogP contribution in [0.25, 0.3) is 0 Å². The van der Waals surface area contributed by atoms with E-state index in [1.54, 1.807) is 7.11 Å². The molecule has 1 saturated heterocycles. The number of furan rings is 1. The van der Waals surface area contributed by atoms with Crippen LogP contribution in [0.1, 0.15) is 60.9 Å². The van der Waals surface area contributed by atoms with E-state index in [1.165, 1.54) is 12.8 Å². The summed E-state index contributed by atoms with van der Waals surface area (Å²) in [6, 6.07) is 4.35. The van der Waals surface area contributed by atoms with E-state index in [4.69, 9.17) is 13.7 Å². The molecule has 2 aromatic heterocycles. The van der Waals surface area contributed by atoms with Gasteiger partial charge in [0.2, 0.25) is 5.89 Å². The Morgan fingerprint density at radius 2 is 2.23 bits per heavy atom. The van der Waals surface area contributed by atoms with Crippen LogP contribution >= 0.6 is 0 Å². The first-order valence-corrected chi connectivity index (χ1v) is 7.97. The van der Waals surface area contributed by atoms with Gasteiger partial charge < -0.3 is 13.7 Å². The summed E-state index contributed by atoms with van der Waals surface area (Å²) in [5, 5.41) is 4.13. The summed E-state index contributed by atoms with van der Waals surface area (Å²) in [4.78, 5) is 6.90. The molecule has 1 atom stereocenters. The Morgan fingerprint density at radius 1 is 1.32 bits per heavy atom. The molecular formula is C16H21N3O3. The molecule has 1 aliphatic carbocycles. The smallest absolute Gasteiger partial charge is 0.229 e. The largest absolute Gasteiger partial charge is 0.462 e. The summed E-state index contributed by atoms with van der Waals surface area (Å²) in [7, 11) is 1.68. The third-order valence-electron chi connectivity index (χ3n) is 4.42. The highest BCUT2D eigenvalue weighted by Gasteiger charge is 2.32. The van der Waals surface area contributed by atoms with E-state index in [-0.39, 0.29) is 0 Å². The van der Waals surface area contributed by atoms with E-state index < -0.39 is 0 Å². The van der Waals surface area contributed by atoms with Crippen LogP contribution < -0.4 is 0 Å². The summed E-state index contributed by atoms with van der Waals surface area (Å²) in [5.41, 5.74) is 0. The summed E-state index contributed by atoms with van der Waals surface area (Å²) in [6.45, 7) is 2.28. The van der Waals surface area contributed by atoms with Crippen LogP contribution in [0.3, 0.4) is 0 Å². The van der Waals surface area contributed by atoms with Crippen molar-refractivity contribution in [3.8, 4) is 0 Å². The minimum Gasteiger partial charge on any atom is -0.462 e. The van der Waals surface area contributed by atoms with Gasteiger partial charge in [0.25, 0.3) is 0 Å². The van der Waals surface area contributed by atoms with Crippen LogP contribution in [-0.4, -0.2) is 28.7 Å². The van der Waals surface area contributed by atoms with Gasteiger partial charge in [0.15, 0.2) is 5.82 Å². The molecule has 6 nitrogen and oxygen atoms in total. The average Bonchev–Trinajstić information content (AvgIpc) is 2.92. The Bertz CT molecular complexity index is 632. The van der Waals surface area contributed by atoms with Crippen LogP contribution in [0.2, 0.25) is 0 Å². The van der Waals surface area contributed by atoms with Crippen molar-refractivity contribution >= 4 is 0 Å². The fourth-order valence-electron chi connectivity index (χ4n) is 3.14. The first-order valence-electron chi connectivity index (χ1n) is 7.97. The SMILES string of the molecule is COCc1ccc([C@H]2CCCN2Cc2noc(C3CC3)n2)o1. The Labute approximate surface area is 129 Å². The Kier molecular flexibility index (Phi) is 3.72. The van der Waals surface area contributed by atoms with Crippen molar-refractivity contribution in [2.24, 2.45) is 0 Å². The molecule has 0 amide bonds. The van der Waals surface area contributed by atoms with Gasteiger partial charge in [-0.1, -0.05) is 5.16 Å². The fraction of sp³-hybridized carbons (Fsp3) is 0.625. The second-order valence-corrected chi connectivity index (χ2v) is 6.19. The molecule has 22 heavy (non-hydrogen) atoms. The van der Waals surface area contributed by atoms with Gasteiger partial charge in [-0.05, 0) is 44.4 Å². The maximum absolute atomic E-state index is 5.90. The molecule has 2 aromatic rings. The zero-order valence-corrected chi connectivity index (χ0v) is 12.8. The summed E-state index contributed by atoms with van der Waals surface area (Å²) in [6.07, 6.45) is 4.64. The fourth-order valence-corrected chi connectivity index (χ4v) is 3.14. The maximum Gasteiger partial charge on any atom is 0.229 e. The summed E-state index contributed by atoms with van der Waals surface area (Å²) < 4.78 is 16.4. The molecule has 2 fully saturated rings. The average molecular weight is 303 g/mol. The van der Waals surface area contributed by atoms with Crippen molar-refractivity contribution in [2.45, 2.75) is 50.8 Å². The number of rotatable bonds is 6. The highest BCUT2D eigenvalue weighted by atomic mass is 16.5. The van der Waals surface area contributed by atoms with Crippen molar-refractivity contribution in [3.05, 3.63) is 35.4 Å². The number of hydrogen-bond acceptors (Lipinski definition) is 6. The van der Waals surface area contributed by atoms with Gasteiger partial charge in [0, 0.05) is 13.0 Å². The number of hydrogen-bond donors (Lipinski definition) is 0. The first kappa shape index (κ1) is 14.0. The van der Waals surface area contributed by atoms with Gasteiger partial charge in [-0.2, -0.15) is 4.98 Å². The Hall–Kier alpha value is -1.66. The minimum absolute atomic E-state index is 0.300. The quantitative estimate of drug-likeness (QED) is 0.817. The molecule has 0 unspecified atom stereocenters. The van der Waals surface area contributed by atoms with Crippen molar-refractivity contribution in [2.75, 3.05) is 13.7 Å². The van der Waals surface area contributed by atoms with E-state index >= 15 is 0 Å². The van der Waals surface area contributed by atoms with Gasteiger partial charge in [0.1, 0.15) is 18.1 Å². The third kappa shape index (κ3) is 2.80. The van der Waals surface area contributed by atoms with Crippen molar-refractivity contribution in [1.29, 1.82) is 0 Å². The molecule has 1 aliphatic heterocycles. The number of likely N-dealkylation sites (tertiary alicyclic amines) is 1. The van der Waals surface area contributed by atoms with E-state index in [9.17, 15) is 0 Å². The van der Waals surface area contributed by atoms with Gasteiger partial charge >= 0.3 is 0 Å². The lowest BCUT2D eigenvalue weighted by molar-refractivity contribution is 0.155. The van der Waals surface area contributed by atoms with Gasteiger partial charge in [-0.15, -0.1) is 0 Å². The third-order valence-corrected chi connectivity index (χ3v) is 4.42. The summed E-state index contributed by atoms with van der Waals surface area (Å²) >= 11 is 0. The monoisotopic (exact) mass is 303 g/mol. The predicted molar refractivity (Wildman–Crippen MR) is 78.1 cm³/mol. The Balaban J connectivity index is 1.45. The molecule has 4 rings (SSSR count). The molecule has 0 bridgehead atoms. The predicted octanol–water partition coefficient (Wildman–Crippen LogP) is 3.02. The van der Waals surface area contributed by atoms with Crippen molar-refractivity contribution < 1.29 is 13.7 Å². The zero-order valence-electron chi connectivity index (χ0n) is 12.8. The lowest BCUT2D eigenvalue weighted by Crippen LogP contribution is -2.23. The van der Waals surface area contributed by atoms with E-state index in [2.05, 4.69) is 21.1 Å². The van der Waals surface area contributed by atoms with Crippen LogP contribution in [0, 0.1) is 0 Å². The lowest BCUT2D eigenvalue weighted by atomic mass is 10.1. The number of methoxy groups -OCH3 is 1. The molecule has 118 valence electrons. The molecule has 0 radical (unpaired) electrons. The first-order chi connectivity index (χ1) is 10.8. The number of nitrogens with zero attached hydrogens (tertiary/aromatic N) is 3.